The molecule has 0 spiro atoms. The van der Waals surface area contributed by atoms with Gasteiger partial charge in [0.2, 0.25) is 0 Å². The van der Waals surface area contributed by atoms with Crippen molar-refractivity contribution in [2.45, 2.75) is 0 Å². The molecule has 2 rings (SSSR count). The third-order valence-electron chi connectivity index (χ3n) is 2.80. The fourth-order valence-corrected chi connectivity index (χ4v) is 1.87. The molecule has 2 aromatic rings. The molecule has 116 valence electrons. The van der Waals surface area contributed by atoms with Crippen molar-refractivity contribution < 1.29 is 19.5 Å². The summed E-state index contributed by atoms with van der Waals surface area (Å²) in [5, 5.41) is 21.6. The van der Waals surface area contributed by atoms with Crippen LogP contribution in [0.15, 0.2) is 12.4 Å². The number of hydrogen-bond donors (Lipinski definition) is 3. The van der Waals surface area contributed by atoms with Crippen LogP contribution in [0.25, 0.3) is 0 Å². The number of aromatic carboxylic acids is 1. The largest absolute Gasteiger partial charge is 0.476 e. The first-order chi connectivity index (χ1) is 10.3. The van der Waals surface area contributed by atoms with E-state index in [1.807, 2.05) is 0 Å². The molecule has 2 heterocycles. The van der Waals surface area contributed by atoms with Crippen molar-refractivity contribution >= 4 is 23.5 Å². The topological polar surface area (TPSA) is 131 Å². The molecule has 0 aliphatic heterocycles. The first-order valence-corrected chi connectivity index (χ1v) is 6.17. The summed E-state index contributed by atoms with van der Waals surface area (Å²) in [5.41, 5.74) is -0.279. The van der Waals surface area contributed by atoms with Crippen LogP contribution in [0.2, 0.25) is 0 Å². The van der Waals surface area contributed by atoms with Crippen LogP contribution in [-0.4, -0.2) is 49.5 Å². The van der Waals surface area contributed by atoms with Gasteiger partial charge in [-0.05, 0) is 0 Å². The first kappa shape index (κ1) is 15.2. The lowest BCUT2D eigenvalue weighted by Crippen LogP contribution is -2.22. The van der Waals surface area contributed by atoms with E-state index in [9.17, 15) is 14.4 Å². The Morgan fingerprint density at radius 1 is 1.05 bits per heavy atom. The Bertz CT molecular complexity index is 760. The number of hydrogen-bond acceptors (Lipinski definition) is 5. The SMILES string of the molecule is CNC(=O)c1nn(C)cc1NC(=O)c1cn(C)nc1C(=O)O. The van der Waals surface area contributed by atoms with Gasteiger partial charge in [-0.15, -0.1) is 0 Å². The zero-order valence-corrected chi connectivity index (χ0v) is 12.1. The lowest BCUT2D eigenvalue weighted by atomic mass is 10.2. The summed E-state index contributed by atoms with van der Waals surface area (Å²) in [6, 6.07) is 0. The molecule has 0 aliphatic carbocycles. The van der Waals surface area contributed by atoms with Gasteiger partial charge in [-0.3, -0.25) is 19.0 Å². The molecule has 0 unspecified atom stereocenters. The number of carbonyl (C=O) groups excluding carboxylic acids is 2. The third-order valence-corrected chi connectivity index (χ3v) is 2.80. The summed E-state index contributed by atoms with van der Waals surface area (Å²) in [4.78, 5) is 35.0. The van der Waals surface area contributed by atoms with Gasteiger partial charge in [0, 0.05) is 33.5 Å². The van der Waals surface area contributed by atoms with Gasteiger partial charge in [-0.1, -0.05) is 0 Å². The zero-order chi connectivity index (χ0) is 16.4. The van der Waals surface area contributed by atoms with E-state index < -0.39 is 17.8 Å². The Kier molecular flexibility index (Phi) is 3.93. The van der Waals surface area contributed by atoms with Crippen molar-refractivity contribution in [3.8, 4) is 0 Å². The van der Waals surface area contributed by atoms with Crippen LogP contribution >= 0.6 is 0 Å². The fourth-order valence-electron chi connectivity index (χ4n) is 1.87. The predicted octanol–water partition coefficient (Wildman–Crippen LogP) is -0.536. The maximum atomic E-state index is 12.2. The Morgan fingerprint density at radius 2 is 1.64 bits per heavy atom. The van der Waals surface area contributed by atoms with Gasteiger partial charge in [-0.25, -0.2) is 4.79 Å². The predicted molar refractivity (Wildman–Crippen MR) is 74.7 cm³/mol. The van der Waals surface area contributed by atoms with Crippen LogP contribution in [0.5, 0.6) is 0 Å². The molecule has 0 bridgehead atoms. The summed E-state index contributed by atoms with van der Waals surface area (Å²) < 4.78 is 2.59. The molecule has 2 aromatic heterocycles. The molecule has 0 aromatic carbocycles. The average Bonchev–Trinajstić information content (AvgIpc) is 3.01. The number of aromatic nitrogens is 4. The van der Waals surface area contributed by atoms with Gasteiger partial charge in [0.25, 0.3) is 11.8 Å². The molecular formula is C12H14N6O4. The van der Waals surface area contributed by atoms with E-state index in [4.69, 9.17) is 5.11 Å². The molecule has 0 fully saturated rings. The maximum absolute atomic E-state index is 12.2. The van der Waals surface area contributed by atoms with E-state index >= 15 is 0 Å². The lowest BCUT2D eigenvalue weighted by molar-refractivity contribution is 0.0685. The second-order valence-electron chi connectivity index (χ2n) is 4.47. The van der Waals surface area contributed by atoms with Gasteiger partial charge < -0.3 is 15.7 Å². The molecule has 0 atom stereocenters. The van der Waals surface area contributed by atoms with Gasteiger partial charge in [0.1, 0.15) is 0 Å². The van der Waals surface area contributed by atoms with Gasteiger partial charge >= 0.3 is 5.97 Å². The van der Waals surface area contributed by atoms with E-state index in [0.717, 1.165) is 0 Å². The number of rotatable bonds is 4. The normalized spacial score (nSPS) is 10.3. The van der Waals surface area contributed by atoms with E-state index in [0.29, 0.717) is 0 Å². The summed E-state index contributed by atoms with van der Waals surface area (Å²) in [7, 11) is 4.53. The maximum Gasteiger partial charge on any atom is 0.357 e. The number of carbonyl (C=O) groups is 3. The van der Waals surface area contributed by atoms with Crippen LogP contribution in [0.4, 0.5) is 5.69 Å². The van der Waals surface area contributed by atoms with Crippen LogP contribution < -0.4 is 10.6 Å². The highest BCUT2D eigenvalue weighted by molar-refractivity contribution is 6.11. The minimum atomic E-state index is -1.32. The first-order valence-electron chi connectivity index (χ1n) is 6.17. The van der Waals surface area contributed by atoms with Crippen LogP contribution in [0.1, 0.15) is 31.3 Å². The van der Waals surface area contributed by atoms with E-state index in [2.05, 4.69) is 20.8 Å². The Labute approximate surface area is 124 Å². The standard InChI is InChI=1S/C12H14N6O4/c1-13-11(20)9-7(5-18(3)16-9)14-10(19)6-4-17(2)15-8(6)12(21)22/h4-5H,1-3H3,(H,13,20)(H,14,19)(H,21,22). The molecule has 0 saturated carbocycles. The number of carboxylic acid groups (broad SMARTS) is 1. The molecule has 10 heteroatoms. The van der Waals surface area contributed by atoms with E-state index in [1.54, 1.807) is 7.05 Å². The second kappa shape index (κ2) is 5.68. The summed E-state index contributed by atoms with van der Waals surface area (Å²) in [6.45, 7) is 0. The van der Waals surface area contributed by atoms with Gasteiger partial charge in [0.15, 0.2) is 11.4 Å². The third kappa shape index (κ3) is 2.80. The highest BCUT2D eigenvalue weighted by Gasteiger charge is 2.23. The smallest absolute Gasteiger partial charge is 0.357 e. The lowest BCUT2D eigenvalue weighted by Gasteiger charge is -2.03. The molecule has 2 amide bonds. The van der Waals surface area contributed by atoms with Crippen molar-refractivity contribution in [1.29, 1.82) is 0 Å². The van der Waals surface area contributed by atoms with Crippen LogP contribution in [0, 0.1) is 0 Å². The highest BCUT2D eigenvalue weighted by atomic mass is 16.4. The molecule has 0 radical (unpaired) electrons. The fraction of sp³-hybridized carbons (Fsp3) is 0.250. The molecule has 3 N–H and O–H groups in total. The quantitative estimate of drug-likeness (QED) is 0.695. The van der Waals surface area contributed by atoms with Crippen LogP contribution in [0.3, 0.4) is 0 Å². The number of nitrogens with one attached hydrogen (secondary N) is 2. The van der Waals surface area contributed by atoms with E-state index in [1.165, 1.54) is 35.9 Å². The summed E-state index contributed by atoms with van der Waals surface area (Å²) >= 11 is 0. The molecule has 0 aliphatic rings. The number of nitrogens with zero attached hydrogens (tertiary/aromatic N) is 4. The van der Waals surface area contributed by atoms with Crippen LogP contribution in [-0.2, 0) is 14.1 Å². The number of aryl methyl sites for hydroxylation is 2. The minimum Gasteiger partial charge on any atom is -0.476 e. The summed E-state index contributed by atoms with van der Waals surface area (Å²) in [6.07, 6.45) is 2.73. The Balaban J connectivity index is 2.34. The average molecular weight is 306 g/mol. The van der Waals surface area contributed by atoms with Crippen molar-refractivity contribution in [3.63, 3.8) is 0 Å². The number of carboxylic acids is 1. The Morgan fingerprint density at radius 3 is 2.23 bits per heavy atom. The molecule has 10 nitrogen and oxygen atoms in total. The highest BCUT2D eigenvalue weighted by Crippen LogP contribution is 2.16. The van der Waals surface area contributed by atoms with Crippen molar-refractivity contribution in [1.82, 2.24) is 24.9 Å². The second-order valence-corrected chi connectivity index (χ2v) is 4.47. The van der Waals surface area contributed by atoms with Crippen molar-refractivity contribution in [3.05, 3.63) is 29.3 Å². The number of anilines is 1. The summed E-state index contributed by atoms with van der Waals surface area (Å²) in [5.74, 6) is -2.48. The molecule has 22 heavy (non-hydrogen) atoms. The Hall–Kier alpha value is -3.17. The van der Waals surface area contributed by atoms with E-state index in [-0.39, 0.29) is 22.6 Å². The minimum absolute atomic E-state index is 0.0270. The molecule has 0 saturated heterocycles. The monoisotopic (exact) mass is 306 g/mol. The van der Waals surface area contributed by atoms with Crippen molar-refractivity contribution in [2.75, 3.05) is 12.4 Å². The van der Waals surface area contributed by atoms with Crippen molar-refractivity contribution in [2.24, 2.45) is 14.1 Å². The number of amides is 2. The molecular weight excluding hydrogens is 292 g/mol. The van der Waals surface area contributed by atoms with Gasteiger partial charge in [0.05, 0.1) is 11.3 Å². The van der Waals surface area contributed by atoms with Gasteiger partial charge in [-0.2, -0.15) is 10.2 Å². The zero-order valence-electron chi connectivity index (χ0n) is 12.1.